The first-order valence-electron chi connectivity index (χ1n) is 2.59. The lowest BCUT2D eigenvalue weighted by molar-refractivity contribution is 0.411. The first-order valence-corrected chi connectivity index (χ1v) is 3.34. The Hall–Kier alpha value is -0.600. The van der Waals surface area contributed by atoms with Gasteiger partial charge in [-0.3, -0.25) is 0 Å². The van der Waals surface area contributed by atoms with Crippen molar-refractivity contribution in [2.75, 3.05) is 0 Å². The summed E-state index contributed by atoms with van der Waals surface area (Å²) < 4.78 is 4.93. The van der Waals surface area contributed by atoms with E-state index in [-0.39, 0.29) is 10.8 Å². The van der Waals surface area contributed by atoms with E-state index in [2.05, 4.69) is 0 Å². The van der Waals surface area contributed by atoms with Crippen LogP contribution in [0.3, 0.4) is 0 Å². The van der Waals surface area contributed by atoms with Gasteiger partial charge in [-0.15, -0.1) is 0 Å². The average molecular weight is 177 g/mol. The molecule has 2 aliphatic heterocycles. The summed E-state index contributed by atoms with van der Waals surface area (Å²) in [6.45, 7) is 0. The summed E-state index contributed by atoms with van der Waals surface area (Å²) >= 11 is 11.2. The van der Waals surface area contributed by atoms with Gasteiger partial charge in [0.15, 0.2) is 11.5 Å². The van der Waals surface area contributed by atoms with Crippen molar-refractivity contribution in [2.45, 2.75) is 0 Å². The van der Waals surface area contributed by atoms with Crippen molar-refractivity contribution in [1.29, 1.82) is 0 Å². The molecule has 1 aromatic rings. The van der Waals surface area contributed by atoms with Gasteiger partial charge in [-0.05, 0) is 0 Å². The smallest absolute Gasteiger partial charge is 0.172 e. The molecule has 0 unspecified atom stereocenters. The molecule has 3 rings (SSSR count). The monoisotopic (exact) mass is 176 g/mol. The van der Waals surface area contributed by atoms with E-state index in [1.54, 1.807) is 0 Å². The van der Waals surface area contributed by atoms with Gasteiger partial charge in [0.2, 0.25) is 0 Å². The Kier molecular flexibility index (Phi) is 1.05. The Labute approximate surface area is 66.9 Å². The first-order chi connectivity index (χ1) is 4.70. The lowest BCUT2D eigenvalue weighted by Gasteiger charge is -2.21. The van der Waals surface area contributed by atoms with E-state index in [4.69, 9.17) is 33.0 Å². The van der Waals surface area contributed by atoms with Crippen molar-refractivity contribution >= 4 is 23.2 Å². The predicted octanol–water partition coefficient (Wildman–Crippen LogP) is 2.80. The summed E-state index contributed by atoms with van der Waals surface area (Å²) in [4.78, 5) is 0. The molecule has 0 fully saturated rings. The predicted molar refractivity (Wildman–Crippen MR) is 38.2 cm³/mol. The Morgan fingerprint density at radius 2 is 2.00 bits per heavy atom. The molecule has 2 nitrogen and oxygen atoms in total. The Morgan fingerprint density at radius 1 is 1.30 bits per heavy atom. The molecule has 0 atom stereocenters. The number of phenolic OH excluding ortho intramolecular Hbond substituents is 1. The minimum atomic E-state index is 0.0160. The number of ether oxygens (including phenoxy) is 1. The molecule has 0 spiro atoms. The Bertz CT molecular complexity index is 300. The third-order valence-corrected chi connectivity index (χ3v) is 2.04. The minimum Gasteiger partial charge on any atom is -0.506 e. The fraction of sp³-hybridized carbons (Fsp3) is 0. The molecule has 1 N–H and O–H groups in total. The molecule has 2 heterocycles. The molecular weight excluding hydrogens is 175 g/mol. The summed E-state index contributed by atoms with van der Waals surface area (Å²) in [6, 6.07) is 1.39. The molecule has 0 amide bonds. The van der Waals surface area contributed by atoms with Crippen LogP contribution in [0.5, 0.6) is 17.2 Å². The quantitative estimate of drug-likeness (QED) is 0.670. The van der Waals surface area contributed by atoms with Gasteiger partial charge >= 0.3 is 0 Å². The highest BCUT2D eigenvalue weighted by atomic mass is 35.5. The number of hydrogen-bond acceptors (Lipinski definition) is 2. The zero-order valence-corrected chi connectivity index (χ0v) is 6.20. The molecule has 1 aromatic carbocycles. The number of fused-ring (bicyclic) bond motifs is 2. The van der Waals surface area contributed by atoms with E-state index >= 15 is 0 Å². The standard InChI is InChI=1S/C6H2Cl2O2/c7-4-2(9)1-3-5(8)6(4)10-3/h1,9H. The van der Waals surface area contributed by atoms with Crippen LogP contribution in [0.2, 0.25) is 10.0 Å². The molecule has 0 aromatic heterocycles. The zero-order chi connectivity index (χ0) is 7.30. The molecule has 0 saturated heterocycles. The first kappa shape index (κ1) is 6.13. The summed E-state index contributed by atoms with van der Waals surface area (Å²) in [5, 5.41) is 9.66. The fourth-order valence-corrected chi connectivity index (χ4v) is 1.27. The van der Waals surface area contributed by atoms with E-state index in [1.807, 2.05) is 0 Å². The van der Waals surface area contributed by atoms with E-state index in [9.17, 15) is 0 Å². The normalized spacial score (nSPS) is 12.2. The van der Waals surface area contributed by atoms with Crippen molar-refractivity contribution in [3.63, 3.8) is 0 Å². The number of rotatable bonds is 0. The van der Waals surface area contributed by atoms with Crippen molar-refractivity contribution in [2.24, 2.45) is 0 Å². The Morgan fingerprint density at radius 3 is 2.40 bits per heavy atom. The maximum absolute atomic E-state index is 8.99. The molecule has 10 heavy (non-hydrogen) atoms. The second-order valence-corrected chi connectivity index (χ2v) is 2.71. The number of halogens is 2. The number of aromatic hydroxyl groups is 1. The van der Waals surface area contributed by atoms with Crippen LogP contribution in [0.15, 0.2) is 6.07 Å². The molecule has 2 aliphatic rings. The van der Waals surface area contributed by atoms with Crippen LogP contribution in [0, 0.1) is 0 Å². The van der Waals surface area contributed by atoms with E-state index < -0.39 is 0 Å². The van der Waals surface area contributed by atoms with Gasteiger partial charge in [-0.2, -0.15) is 0 Å². The summed E-state index contributed by atoms with van der Waals surface area (Å²) in [5.74, 6) is 0.874. The van der Waals surface area contributed by atoms with Gasteiger partial charge in [0, 0.05) is 6.07 Å². The molecule has 4 heteroatoms. The van der Waals surface area contributed by atoms with Crippen LogP contribution in [-0.4, -0.2) is 5.11 Å². The van der Waals surface area contributed by atoms with E-state index in [1.165, 1.54) is 6.07 Å². The van der Waals surface area contributed by atoms with Crippen LogP contribution in [0.25, 0.3) is 0 Å². The summed E-state index contributed by atoms with van der Waals surface area (Å²) in [6.07, 6.45) is 0. The third kappa shape index (κ3) is 0.554. The van der Waals surface area contributed by atoms with Gasteiger partial charge < -0.3 is 9.84 Å². The van der Waals surface area contributed by atoms with Gasteiger partial charge in [0.25, 0.3) is 0 Å². The summed E-state index contributed by atoms with van der Waals surface area (Å²) in [5.41, 5.74) is 0. The fourth-order valence-electron chi connectivity index (χ4n) is 0.803. The van der Waals surface area contributed by atoms with Crippen LogP contribution in [0.1, 0.15) is 0 Å². The van der Waals surface area contributed by atoms with Crippen molar-refractivity contribution in [3.05, 3.63) is 16.1 Å². The number of hydrogen-bond donors (Lipinski definition) is 1. The third-order valence-electron chi connectivity index (χ3n) is 1.32. The minimum absolute atomic E-state index is 0.0160. The highest BCUT2D eigenvalue weighted by Gasteiger charge is 2.26. The highest BCUT2D eigenvalue weighted by molar-refractivity contribution is 6.40. The van der Waals surface area contributed by atoms with E-state index in [0.29, 0.717) is 16.5 Å². The van der Waals surface area contributed by atoms with Crippen LogP contribution in [0.4, 0.5) is 0 Å². The Balaban J connectivity index is 2.74. The largest absolute Gasteiger partial charge is 0.506 e. The molecule has 0 aliphatic carbocycles. The molecular formula is C6H2Cl2O2. The molecule has 52 valence electrons. The summed E-state index contributed by atoms with van der Waals surface area (Å²) in [7, 11) is 0. The van der Waals surface area contributed by atoms with Gasteiger partial charge in [-0.1, -0.05) is 23.2 Å². The van der Waals surface area contributed by atoms with Gasteiger partial charge in [0.1, 0.15) is 15.8 Å². The molecule has 0 radical (unpaired) electrons. The maximum Gasteiger partial charge on any atom is 0.172 e. The molecule has 2 bridgehead atoms. The zero-order valence-electron chi connectivity index (χ0n) is 4.69. The van der Waals surface area contributed by atoms with E-state index in [0.717, 1.165) is 0 Å². The van der Waals surface area contributed by atoms with Gasteiger partial charge in [0.05, 0.1) is 0 Å². The van der Waals surface area contributed by atoms with Crippen LogP contribution < -0.4 is 4.74 Å². The number of benzene rings is 1. The highest BCUT2D eigenvalue weighted by Crippen LogP contribution is 2.54. The topological polar surface area (TPSA) is 29.5 Å². The molecule has 0 saturated carbocycles. The SMILES string of the molecule is Oc1cc2c(Cl)c(c1Cl)O2. The van der Waals surface area contributed by atoms with Crippen molar-refractivity contribution < 1.29 is 9.84 Å². The second-order valence-electron chi connectivity index (χ2n) is 1.95. The average Bonchev–Trinajstić information content (AvgIpc) is 1.92. The van der Waals surface area contributed by atoms with Crippen LogP contribution in [-0.2, 0) is 0 Å². The number of phenols is 1. The van der Waals surface area contributed by atoms with Crippen LogP contribution >= 0.6 is 23.2 Å². The van der Waals surface area contributed by atoms with Crippen molar-refractivity contribution in [3.8, 4) is 17.2 Å². The van der Waals surface area contributed by atoms with Gasteiger partial charge in [-0.25, -0.2) is 0 Å². The lowest BCUT2D eigenvalue weighted by Crippen LogP contribution is -1.98. The second kappa shape index (κ2) is 1.71. The maximum atomic E-state index is 8.99. The van der Waals surface area contributed by atoms with Crippen molar-refractivity contribution in [1.82, 2.24) is 0 Å². The lowest BCUT2D eigenvalue weighted by atomic mass is 10.2.